The average molecular weight is 256 g/mol. The van der Waals surface area contributed by atoms with E-state index in [1.165, 1.54) is 11.1 Å². The van der Waals surface area contributed by atoms with Crippen LogP contribution in [0.5, 0.6) is 5.75 Å². The van der Waals surface area contributed by atoms with Gasteiger partial charge in [-0.1, -0.05) is 22.0 Å². The van der Waals surface area contributed by atoms with Crippen LogP contribution >= 0.6 is 15.9 Å². The maximum absolute atomic E-state index is 5.21. The normalized spacial score (nSPS) is 25.6. The molecule has 1 heterocycles. The van der Waals surface area contributed by atoms with E-state index in [1.807, 2.05) is 6.07 Å². The van der Waals surface area contributed by atoms with E-state index in [0.717, 1.165) is 18.7 Å². The van der Waals surface area contributed by atoms with Gasteiger partial charge in [0.15, 0.2) is 0 Å². The van der Waals surface area contributed by atoms with Gasteiger partial charge in [-0.05, 0) is 36.6 Å². The molecule has 1 unspecified atom stereocenters. The summed E-state index contributed by atoms with van der Waals surface area (Å²) in [5.41, 5.74) is 2.67. The predicted molar refractivity (Wildman–Crippen MR) is 61.0 cm³/mol. The van der Waals surface area contributed by atoms with Gasteiger partial charge < -0.3 is 4.74 Å². The highest BCUT2D eigenvalue weighted by Gasteiger charge is 2.28. The van der Waals surface area contributed by atoms with Crippen LogP contribution in [0.1, 0.15) is 18.1 Å². The summed E-state index contributed by atoms with van der Waals surface area (Å²) < 4.78 is 5.12. The molecule has 76 valence electrons. The number of nitrogens with one attached hydrogen (secondary N) is 1. The molecule has 1 N–H and O–H groups in total. The molecular formula is C11H14BrNO. The van der Waals surface area contributed by atoms with Gasteiger partial charge in [-0.2, -0.15) is 0 Å². The molecule has 1 aromatic rings. The summed E-state index contributed by atoms with van der Waals surface area (Å²) in [6.07, 6.45) is 1.06. The summed E-state index contributed by atoms with van der Waals surface area (Å²) in [6, 6.07) is 6.25. The lowest BCUT2D eigenvalue weighted by molar-refractivity contribution is 0.412. The minimum atomic E-state index is -0.0904. The lowest BCUT2D eigenvalue weighted by Gasteiger charge is -2.32. The van der Waals surface area contributed by atoms with Crippen LogP contribution in [0.3, 0.4) is 0 Å². The predicted octanol–water partition coefficient (Wildman–Crippen LogP) is 2.41. The van der Waals surface area contributed by atoms with Crippen LogP contribution in [0, 0.1) is 0 Å². The highest BCUT2D eigenvalue weighted by Crippen LogP contribution is 2.35. The lowest BCUT2D eigenvalue weighted by atomic mass is 9.95. The molecule has 1 atom stereocenters. The molecule has 0 aliphatic carbocycles. The summed E-state index contributed by atoms with van der Waals surface area (Å²) in [7, 11) is 1.70. The van der Waals surface area contributed by atoms with Crippen LogP contribution in [0.4, 0.5) is 0 Å². The number of hydrogen-bond donors (Lipinski definition) is 1. The van der Waals surface area contributed by atoms with E-state index < -0.39 is 0 Å². The number of rotatable bonds is 1. The summed E-state index contributed by atoms with van der Waals surface area (Å²) in [6.45, 7) is 3.14. The first-order valence-corrected chi connectivity index (χ1v) is 5.54. The Labute approximate surface area is 92.8 Å². The fraction of sp³-hybridized carbons (Fsp3) is 0.455. The van der Waals surface area contributed by atoms with Gasteiger partial charge in [0.05, 0.1) is 11.6 Å². The third kappa shape index (κ3) is 1.66. The smallest absolute Gasteiger partial charge is 0.119 e. The highest BCUT2D eigenvalue weighted by atomic mass is 79.9. The molecule has 0 radical (unpaired) electrons. The summed E-state index contributed by atoms with van der Waals surface area (Å²) in [4.78, 5) is 0. The van der Waals surface area contributed by atoms with Crippen LogP contribution < -0.4 is 10.1 Å². The minimum Gasteiger partial charge on any atom is -0.497 e. The Morgan fingerprint density at radius 3 is 3.00 bits per heavy atom. The first-order chi connectivity index (χ1) is 6.63. The molecule has 0 aromatic heterocycles. The van der Waals surface area contributed by atoms with Crippen molar-refractivity contribution in [2.75, 3.05) is 13.7 Å². The SMILES string of the molecule is COc1ccc2c(c1)CCNC2(C)Br. The quantitative estimate of drug-likeness (QED) is 0.615. The van der Waals surface area contributed by atoms with E-state index in [4.69, 9.17) is 4.74 Å². The second-order valence-electron chi connectivity index (χ2n) is 3.70. The van der Waals surface area contributed by atoms with Crippen molar-refractivity contribution >= 4 is 15.9 Å². The van der Waals surface area contributed by atoms with Crippen molar-refractivity contribution in [2.24, 2.45) is 0 Å². The second kappa shape index (κ2) is 3.55. The van der Waals surface area contributed by atoms with Crippen LogP contribution in [0.2, 0.25) is 0 Å². The molecule has 1 aliphatic heterocycles. The molecular weight excluding hydrogens is 242 g/mol. The second-order valence-corrected chi connectivity index (χ2v) is 5.29. The van der Waals surface area contributed by atoms with Gasteiger partial charge in [-0.25, -0.2) is 0 Å². The van der Waals surface area contributed by atoms with Gasteiger partial charge in [-0.15, -0.1) is 0 Å². The molecule has 2 rings (SSSR count). The number of ether oxygens (including phenoxy) is 1. The van der Waals surface area contributed by atoms with Crippen LogP contribution in [0.25, 0.3) is 0 Å². The zero-order chi connectivity index (χ0) is 10.2. The molecule has 0 spiro atoms. The van der Waals surface area contributed by atoms with E-state index in [-0.39, 0.29) is 4.45 Å². The van der Waals surface area contributed by atoms with Crippen molar-refractivity contribution in [3.8, 4) is 5.75 Å². The number of halogens is 1. The Balaban J connectivity index is 2.46. The fourth-order valence-electron chi connectivity index (χ4n) is 1.89. The van der Waals surface area contributed by atoms with Crippen molar-refractivity contribution in [3.05, 3.63) is 29.3 Å². The van der Waals surface area contributed by atoms with E-state index in [1.54, 1.807) is 7.11 Å². The molecule has 1 aliphatic rings. The fourth-order valence-corrected chi connectivity index (χ4v) is 2.47. The Hall–Kier alpha value is -0.540. The molecule has 3 heteroatoms. The number of benzene rings is 1. The van der Waals surface area contributed by atoms with E-state index in [2.05, 4.69) is 40.3 Å². The molecule has 0 saturated heterocycles. The Morgan fingerprint density at radius 1 is 1.50 bits per heavy atom. The van der Waals surface area contributed by atoms with Gasteiger partial charge in [0.25, 0.3) is 0 Å². The van der Waals surface area contributed by atoms with Gasteiger partial charge in [-0.3, -0.25) is 5.32 Å². The zero-order valence-electron chi connectivity index (χ0n) is 8.43. The third-order valence-electron chi connectivity index (χ3n) is 2.67. The molecule has 14 heavy (non-hydrogen) atoms. The van der Waals surface area contributed by atoms with Crippen LogP contribution in [-0.2, 0) is 10.9 Å². The number of fused-ring (bicyclic) bond motifs is 1. The van der Waals surface area contributed by atoms with E-state index >= 15 is 0 Å². The van der Waals surface area contributed by atoms with Crippen LogP contribution in [0.15, 0.2) is 18.2 Å². The van der Waals surface area contributed by atoms with Gasteiger partial charge in [0.1, 0.15) is 5.75 Å². The van der Waals surface area contributed by atoms with Crippen molar-refractivity contribution in [2.45, 2.75) is 17.8 Å². The maximum Gasteiger partial charge on any atom is 0.119 e. The summed E-state index contributed by atoms with van der Waals surface area (Å²) in [5, 5.41) is 3.43. The molecule has 2 nitrogen and oxygen atoms in total. The average Bonchev–Trinajstić information content (AvgIpc) is 2.16. The van der Waals surface area contributed by atoms with Gasteiger partial charge in [0.2, 0.25) is 0 Å². The summed E-state index contributed by atoms with van der Waals surface area (Å²) in [5.74, 6) is 0.939. The van der Waals surface area contributed by atoms with Crippen molar-refractivity contribution in [1.82, 2.24) is 5.32 Å². The monoisotopic (exact) mass is 255 g/mol. The Bertz CT molecular complexity index is 349. The van der Waals surface area contributed by atoms with Crippen LogP contribution in [-0.4, -0.2) is 13.7 Å². The standard InChI is InChI=1S/C11H14BrNO/c1-11(12)10-4-3-9(14-2)7-8(10)5-6-13-11/h3-4,7,13H,5-6H2,1-2H3. The lowest BCUT2D eigenvalue weighted by Crippen LogP contribution is -2.39. The van der Waals surface area contributed by atoms with Crippen molar-refractivity contribution in [3.63, 3.8) is 0 Å². The third-order valence-corrected chi connectivity index (χ3v) is 3.38. The molecule has 0 amide bonds. The molecule has 0 bridgehead atoms. The Morgan fingerprint density at radius 2 is 2.29 bits per heavy atom. The van der Waals surface area contributed by atoms with Gasteiger partial charge in [0, 0.05) is 6.54 Å². The van der Waals surface area contributed by atoms with E-state index in [0.29, 0.717) is 0 Å². The first-order valence-electron chi connectivity index (χ1n) is 4.75. The zero-order valence-corrected chi connectivity index (χ0v) is 10.0. The topological polar surface area (TPSA) is 21.3 Å². The van der Waals surface area contributed by atoms with Gasteiger partial charge >= 0.3 is 0 Å². The summed E-state index contributed by atoms with van der Waals surface area (Å²) >= 11 is 3.69. The minimum absolute atomic E-state index is 0.0904. The Kier molecular flexibility index (Phi) is 2.54. The molecule has 0 fully saturated rings. The first kappa shape index (κ1) is 9.99. The largest absolute Gasteiger partial charge is 0.497 e. The molecule has 1 aromatic carbocycles. The number of alkyl halides is 1. The van der Waals surface area contributed by atoms with Crippen molar-refractivity contribution in [1.29, 1.82) is 0 Å². The molecule has 0 saturated carbocycles. The number of hydrogen-bond acceptors (Lipinski definition) is 2. The van der Waals surface area contributed by atoms with E-state index in [9.17, 15) is 0 Å². The van der Waals surface area contributed by atoms with Crippen molar-refractivity contribution < 1.29 is 4.74 Å². The number of methoxy groups -OCH3 is 1. The highest BCUT2D eigenvalue weighted by molar-refractivity contribution is 9.09. The maximum atomic E-state index is 5.21.